The average Bonchev–Trinajstić information content (AvgIpc) is 3.08. The molecule has 1 amide bonds. The Morgan fingerprint density at radius 1 is 1.25 bits per heavy atom. The van der Waals surface area contributed by atoms with E-state index in [0.717, 1.165) is 38.0 Å². The molecule has 32 heavy (non-hydrogen) atoms. The molecule has 1 aliphatic rings. The highest BCUT2D eigenvalue weighted by Crippen LogP contribution is 2.24. The first-order valence-corrected chi connectivity index (χ1v) is 9.90. The van der Waals surface area contributed by atoms with E-state index >= 15 is 0 Å². The van der Waals surface area contributed by atoms with Gasteiger partial charge in [0.1, 0.15) is 11.3 Å². The molecular weight excluding hydrogens is 422 g/mol. The van der Waals surface area contributed by atoms with Gasteiger partial charge in [-0.15, -0.1) is 5.10 Å². The zero-order valence-corrected chi connectivity index (χ0v) is 18.0. The van der Waals surface area contributed by atoms with Crippen LogP contribution in [-0.2, 0) is 9.59 Å². The molecule has 0 bridgehead atoms. The SMILES string of the molecule is CCN1CCCC[C@@H](NC(=O)c2cc3nn[nH]c3cc2OC)C1.O.O=C(O)/C=C/C(=O)O. The van der Waals surface area contributed by atoms with Crippen molar-refractivity contribution < 1.29 is 34.8 Å². The molecule has 12 nitrogen and oxygen atoms in total. The van der Waals surface area contributed by atoms with Crippen LogP contribution in [0.3, 0.4) is 0 Å². The van der Waals surface area contributed by atoms with Gasteiger partial charge in [-0.3, -0.25) is 9.89 Å². The molecule has 0 aliphatic carbocycles. The van der Waals surface area contributed by atoms with Crippen molar-refractivity contribution >= 4 is 28.9 Å². The number of hydrogen-bond acceptors (Lipinski definition) is 7. The highest BCUT2D eigenvalue weighted by Gasteiger charge is 2.22. The Balaban J connectivity index is 0.000000491. The second-order valence-corrected chi connectivity index (χ2v) is 6.95. The molecule has 3 rings (SSSR count). The van der Waals surface area contributed by atoms with Crippen LogP contribution in [0.2, 0.25) is 0 Å². The average molecular weight is 451 g/mol. The fraction of sp³-hybridized carbons (Fsp3) is 0.450. The van der Waals surface area contributed by atoms with E-state index in [2.05, 4.69) is 32.6 Å². The maximum atomic E-state index is 12.7. The molecule has 2 aromatic rings. The summed E-state index contributed by atoms with van der Waals surface area (Å²) in [4.78, 5) is 34.2. The first kappa shape index (κ1) is 26.5. The van der Waals surface area contributed by atoms with Gasteiger partial charge in [-0.25, -0.2) is 9.59 Å². The predicted octanol–water partition coefficient (Wildman–Crippen LogP) is 0.458. The number of carbonyl (C=O) groups excluding carboxylic acids is 1. The minimum Gasteiger partial charge on any atom is -0.496 e. The summed E-state index contributed by atoms with van der Waals surface area (Å²) in [7, 11) is 1.56. The lowest BCUT2D eigenvalue weighted by Crippen LogP contribution is -2.42. The highest BCUT2D eigenvalue weighted by atomic mass is 16.5. The number of likely N-dealkylation sites (tertiary alicyclic amines) is 1. The monoisotopic (exact) mass is 451 g/mol. The van der Waals surface area contributed by atoms with Crippen LogP contribution in [0, 0.1) is 0 Å². The van der Waals surface area contributed by atoms with Crippen LogP contribution in [0.1, 0.15) is 36.5 Å². The highest BCUT2D eigenvalue weighted by molar-refractivity contribution is 6.00. The number of rotatable bonds is 6. The van der Waals surface area contributed by atoms with E-state index in [1.165, 1.54) is 6.42 Å². The third-order valence-corrected chi connectivity index (χ3v) is 4.80. The van der Waals surface area contributed by atoms with Crippen LogP contribution in [-0.4, -0.2) is 86.6 Å². The van der Waals surface area contributed by atoms with Gasteiger partial charge in [0.2, 0.25) is 0 Å². The van der Waals surface area contributed by atoms with Gasteiger partial charge in [-0.1, -0.05) is 18.6 Å². The Bertz CT molecular complexity index is 928. The van der Waals surface area contributed by atoms with Crippen molar-refractivity contribution in [3.05, 3.63) is 29.8 Å². The van der Waals surface area contributed by atoms with Gasteiger partial charge in [-0.2, -0.15) is 0 Å². The summed E-state index contributed by atoms with van der Waals surface area (Å²) in [5.41, 5.74) is 1.92. The van der Waals surface area contributed by atoms with E-state index in [0.29, 0.717) is 29.0 Å². The summed E-state index contributed by atoms with van der Waals surface area (Å²) in [5, 5.41) is 29.3. The molecule has 0 saturated carbocycles. The fourth-order valence-electron chi connectivity index (χ4n) is 3.25. The van der Waals surface area contributed by atoms with E-state index in [1.54, 1.807) is 19.2 Å². The van der Waals surface area contributed by atoms with E-state index in [1.807, 2.05) is 0 Å². The molecule has 2 heterocycles. The Morgan fingerprint density at radius 2 is 1.94 bits per heavy atom. The lowest BCUT2D eigenvalue weighted by atomic mass is 10.1. The summed E-state index contributed by atoms with van der Waals surface area (Å²) >= 11 is 0. The number of aromatic nitrogens is 3. The van der Waals surface area contributed by atoms with E-state index in [-0.39, 0.29) is 17.4 Å². The zero-order chi connectivity index (χ0) is 22.8. The summed E-state index contributed by atoms with van der Waals surface area (Å²) in [6.45, 7) is 5.18. The van der Waals surface area contributed by atoms with E-state index in [4.69, 9.17) is 14.9 Å². The maximum absolute atomic E-state index is 12.7. The predicted molar refractivity (Wildman–Crippen MR) is 116 cm³/mol. The van der Waals surface area contributed by atoms with Crippen molar-refractivity contribution in [2.24, 2.45) is 0 Å². The lowest BCUT2D eigenvalue weighted by molar-refractivity contribution is -0.134. The molecule has 1 saturated heterocycles. The number of aliphatic carboxylic acids is 2. The van der Waals surface area contributed by atoms with Gasteiger partial charge in [-0.05, 0) is 32.0 Å². The number of H-pyrrole nitrogens is 1. The van der Waals surface area contributed by atoms with Gasteiger partial charge < -0.3 is 30.6 Å². The maximum Gasteiger partial charge on any atom is 0.328 e. The molecule has 1 fully saturated rings. The third kappa shape index (κ3) is 7.96. The van der Waals surface area contributed by atoms with Crippen molar-refractivity contribution in [3.8, 4) is 5.75 Å². The third-order valence-electron chi connectivity index (χ3n) is 4.80. The number of carboxylic acid groups (broad SMARTS) is 2. The smallest absolute Gasteiger partial charge is 0.328 e. The molecule has 6 N–H and O–H groups in total. The number of benzene rings is 1. The number of aromatic amines is 1. The molecule has 1 aliphatic heterocycles. The van der Waals surface area contributed by atoms with Gasteiger partial charge in [0, 0.05) is 30.8 Å². The lowest BCUT2D eigenvalue weighted by Gasteiger charge is -2.23. The molecule has 176 valence electrons. The number of hydrogen-bond donors (Lipinski definition) is 4. The van der Waals surface area contributed by atoms with Crippen LogP contribution in [0.25, 0.3) is 11.0 Å². The first-order chi connectivity index (χ1) is 14.8. The number of ether oxygens (including phenoxy) is 1. The number of nitrogens with zero attached hydrogens (tertiary/aromatic N) is 3. The topological polar surface area (TPSA) is 189 Å². The largest absolute Gasteiger partial charge is 0.496 e. The number of likely N-dealkylation sites (N-methyl/N-ethyl adjacent to an activating group) is 1. The molecule has 1 aromatic heterocycles. The number of amides is 1. The standard InChI is InChI=1S/C16H23N5O2.C4H4O4.H2O/c1-3-21-7-5-4-6-11(10-21)17-16(22)12-8-13-14(19-20-18-13)9-15(12)23-2;5-3(6)1-2-4(7)8;/h8-9,11H,3-7,10H2,1-2H3,(H,17,22)(H,18,19,20);1-2H,(H,5,6)(H,7,8);1H2/b;2-1+;/t11-;;/m1../s1. The number of methoxy groups -OCH3 is 1. The Labute approximate surface area is 184 Å². The molecule has 0 spiro atoms. The zero-order valence-electron chi connectivity index (χ0n) is 18.0. The molecule has 1 aromatic carbocycles. The van der Waals surface area contributed by atoms with Crippen LogP contribution < -0.4 is 10.1 Å². The minimum atomic E-state index is -1.26. The number of carboxylic acids is 2. The Morgan fingerprint density at radius 3 is 2.53 bits per heavy atom. The first-order valence-electron chi connectivity index (χ1n) is 9.90. The molecule has 0 unspecified atom stereocenters. The summed E-state index contributed by atoms with van der Waals surface area (Å²) < 4.78 is 5.35. The van der Waals surface area contributed by atoms with Crippen molar-refractivity contribution in [2.45, 2.75) is 32.2 Å². The van der Waals surface area contributed by atoms with Crippen LogP contribution in [0.5, 0.6) is 5.75 Å². The summed E-state index contributed by atoms with van der Waals surface area (Å²) in [6, 6.07) is 3.65. The van der Waals surface area contributed by atoms with E-state index in [9.17, 15) is 14.4 Å². The summed E-state index contributed by atoms with van der Waals surface area (Å²) in [5.74, 6) is -2.10. The van der Waals surface area contributed by atoms with Crippen LogP contribution in [0.4, 0.5) is 0 Å². The fourth-order valence-corrected chi connectivity index (χ4v) is 3.25. The molecular formula is C20H29N5O7. The molecule has 12 heteroatoms. The second kappa shape index (κ2) is 13.0. The van der Waals surface area contributed by atoms with Gasteiger partial charge in [0.05, 0.1) is 18.2 Å². The minimum absolute atomic E-state index is 0. The number of fused-ring (bicyclic) bond motifs is 1. The molecule has 1 atom stereocenters. The van der Waals surface area contributed by atoms with Crippen LogP contribution in [0.15, 0.2) is 24.3 Å². The van der Waals surface area contributed by atoms with Crippen molar-refractivity contribution in [3.63, 3.8) is 0 Å². The summed E-state index contributed by atoms with van der Waals surface area (Å²) in [6.07, 6.45) is 4.46. The quantitative estimate of drug-likeness (QED) is 0.452. The van der Waals surface area contributed by atoms with Gasteiger partial charge >= 0.3 is 11.9 Å². The van der Waals surface area contributed by atoms with E-state index < -0.39 is 11.9 Å². The number of carbonyl (C=O) groups is 3. The van der Waals surface area contributed by atoms with Crippen molar-refractivity contribution in [2.75, 3.05) is 26.7 Å². The second-order valence-electron chi connectivity index (χ2n) is 6.95. The van der Waals surface area contributed by atoms with Crippen molar-refractivity contribution in [1.82, 2.24) is 25.6 Å². The number of nitrogens with one attached hydrogen (secondary N) is 2. The Hall–Kier alpha value is -3.51. The Kier molecular flexibility index (Phi) is 10.8. The van der Waals surface area contributed by atoms with Gasteiger partial charge in [0.25, 0.3) is 5.91 Å². The van der Waals surface area contributed by atoms with Crippen LogP contribution >= 0.6 is 0 Å². The van der Waals surface area contributed by atoms with Gasteiger partial charge in [0.15, 0.2) is 0 Å². The van der Waals surface area contributed by atoms with Crippen molar-refractivity contribution in [1.29, 1.82) is 0 Å². The molecule has 0 radical (unpaired) electrons. The normalized spacial score (nSPS) is 16.4.